The highest BCUT2D eigenvalue weighted by Gasteiger charge is 2.34. The third kappa shape index (κ3) is 3.40. The molecule has 1 aliphatic rings. The molecule has 1 N–H and O–H groups in total. The molecule has 132 valence electrons. The molecule has 3 heterocycles. The Hall–Kier alpha value is -2.51. The number of thiazole rings is 1. The number of rotatable bonds is 4. The van der Waals surface area contributed by atoms with Gasteiger partial charge in [-0.1, -0.05) is 6.07 Å². The first-order valence-electron chi connectivity index (χ1n) is 8.37. The molecule has 1 fully saturated rings. The number of aromatic nitrogens is 1. The van der Waals surface area contributed by atoms with Crippen molar-refractivity contribution in [2.45, 2.75) is 18.9 Å². The molecule has 0 bridgehead atoms. The van der Waals surface area contributed by atoms with Crippen LogP contribution in [-0.2, 0) is 4.79 Å². The summed E-state index contributed by atoms with van der Waals surface area (Å²) in [7, 11) is 0. The summed E-state index contributed by atoms with van der Waals surface area (Å²) in [5, 5.41) is 7.70. The van der Waals surface area contributed by atoms with E-state index in [2.05, 4.69) is 10.3 Å². The molecule has 0 saturated carbocycles. The van der Waals surface area contributed by atoms with Crippen LogP contribution in [0.1, 0.15) is 22.5 Å². The molecule has 1 aromatic carbocycles. The number of hydrogen-bond donors (Lipinski definition) is 1. The van der Waals surface area contributed by atoms with Crippen molar-refractivity contribution >= 4 is 40.2 Å². The monoisotopic (exact) mass is 383 g/mol. The van der Waals surface area contributed by atoms with E-state index in [4.69, 9.17) is 0 Å². The lowest BCUT2D eigenvalue weighted by Gasteiger charge is -2.23. The third-order valence-electron chi connectivity index (χ3n) is 4.38. The van der Waals surface area contributed by atoms with E-state index >= 15 is 0 Å². The zero-order valence-electron chi connectivity index (χ0n) is 13.9. The van der Waals surface area contributed by atoms with Gasteiger partial charge in [0.25, 0.3) is 5.91 Å². The fraction of sp³-hybridized carbons (Fsp3) is 0.211. The van der Waals surface area contributed by atoms with Crippen molar-refractivity contribution in [1.82, 2.24) is 9.88 Å². The van der Waals surface area contributed by atoms with E-state index < -0.39 is 6.04 Å². The normalized spacial score (nSPS) is 16.6. The van der Waals surface area contributed by atoms with Crippen LogP contribution in [0.2, 0.25) is 0 Å². The average molecular weight is 383 g/mol. The Bertz CT molecular complexity index is 890. The molecule has 0 aliphatic carbocycles. The summed E-state index contributed by atoms with van der Waals surface area (Å²) in [5.41, 5.74) is 1.75. The van der Waals surface area contributed by atoms with E-state index in [0.717, 1.165) is 22.7 Å². The fourth-order valence-electron chi connectivity index (χ4n) is 3.11. The first-order valence-corrected chi connectivity index (χ1v) is 10.1. The highest BCUT2D eigenvalue weighted by molar-refractivity contribution is 7.13. The zero-order valence-corrected chi connectivity index (χ0v) is 15.6. The zero-order chi connectivity index (χ0) is 17.9. The third-order valence-corrected chi connectivity index (χ3v) is 6.06. The summed E-state index contributed by atoms with van der Waals surface area (Å²) < 4.78 is 0. The smallest absolute Gasteiger partial charge is 0.264 e. The molecule has 3 aromatic rings. The molecular weight excluding hydrogens is 366 g/mol. The highest BCUT2D eigenvalue weighted by Crippen LogP contribution is 2.25. The lowest BCUT2D eigenvalue weighted by atomic mass is 10.1. The van der Waals surface area contributed by atoms with Crippen LogP contribution < -0.4 is 5.32 Å². The number of hydrogen-bond acceptors (Lipinski definition) is 5. The first kappa shape index (κ1) is 16.9. The summed E-state index contributed by atoms with van der Waals surface area (Å²) in [4.78, 5) is 31.9. The van der Waals surface area contributed by atoms with Gasteiger partial charge in [-0.25, -0.2) is 4.98 Å². The number of nitrogens with one attached hydrogen (secondary N) is 1. The second-order valence-electron chi connectivity index (χ2n) is 6.04. The quantitative estimate of drug-likeness (QED) is 0.737. The molecule has 1 aliphatic heterocycles. The number of likely N-dealkylation sites (tertiary alicyclic amines) is 1. The van der Waals surface area contributed by atoms with E-state index in [1.165, 1.54) is 11.3 Å². The van der Waals surface area contributed by atoms with Gasteiger partial charge >= 0.3 is 0 Å². The van der Waals surface area contributed by atoms with Crippen molar-refractivity contribution in [3.05, 3.63) is 58.2 Å². The number of carbonyl (C=O) groups excluding carboxylic acids is 2. The highest BCUT2D eigenvalue weighted by atomic mass is 32.1. The Kier molecular flexibility index (Phi) is 4.81. The Morgan fingerprint density at radius 2 is 1.96 bits per heavy atom. The molecule has 0 spiro atoms. The number of nitrogens with zero attached hydrogens (tertiary/aromatic N) is 2. The van der Waals surface area contributed by atoms with Crippen LogP contribution >= 0.6 is 22.7 Å². The van der Waals surface area contributed by atoms with Crippen LogP contribution in [0, 0.1) is 0 Å². The van der Waals surface area contributed by atoms with Gasteiger partial charge in [0.1, 0.15) is 11.0 Å². The van der Waals surface area contributed by atoms with E-state index in [1.54, 1.807) is 28.5 Å². The minimum atomic E-state index is -0.414. The predicted octanol–water partition coefficient (Wildman–Crippen LogP) is 4.11. The summed E-state index contributed by atoms with van der Waals surface area (Å²) in [5.74, 6) is -0.189. The lowest BCUT2D eigenvalue weighted by molar-refractivity contribution is -0.119. The van der Waals surface area contributed by atoms with Gasteiger partial charge in [0, 0.05) is 29.4 Å². The molecule has 1 saturated heterocycles. The number of anilines is 1. The summed E-state index contributed by atoms with van der Waals surface area (Å²) in [6.45, 7) is 0.623. The predicted molar refractivity (Wildman–Crippen MR) is 105 cm³/mol. The average Bonchev–Trinajstić information content (AvgIpc) is 3.44. The van der Waals surface area contributed by atoms with Gasteiger partial charge in [0.2, 0.25) is 5.91 Å². The van der Waals surface area contributed by atoms with Gasteiger partial charge in [0.05, 0.1) is 4.88 Å². The maximum atomic E-state index is 12.7. The molecule has 7 heteroatoms. The summed E-state index contributed by atoms with van der Waals surface area (Å²) in [6.07, 6.45) is 3.31. The van der Waals surface area contributed by atoms with Gasteiger partial charge in [-0.05, 0) is 48.6 Å². The number of amides is 2. The maximum absolute atomic E-state index is 12.7. The SMILES string of the molecule is O=C(Nc1ccc(-c2nccs2)cc1)[C@H]1CCCN1C(=O)c1cccs1. The van der Waals surface area contributed by atoms with E-state index in [1.807, 2.05) is 41.1 Å². The minimum absolute atomic E-state index is 0.0585. The standard InChI is InChI=1S/C19H17N3O2S2/c23-17(15-3-1-10-22(15)19(24)16-4-2-11-25-16)21-14-7-5-13(6-8-14)18-20-9-12-26-18/h2,4-9,11-12,15H,1,3,10H2,(H,21,23)/t15-/m1/s1. The number of benzene rings is 1. The number of carbonyl (C=O) groups is 2. The van der Waals surface area contributed by atoms with E-state index in [0.29, 0.717) is 17.8 Å². The minimum Gasteiger partial charge on any atom is -0.326 e. The molecule has 2 amide bonds. The second kappa shape index (κ2) is 7.39. The largest absolute Gasteiger partial charge is 0.326 e. The molecular formula is C19H17N3O2S2. The molecule has 2 aromatic heterocycles. The molecule has 4 rings (SSSR count). The fourth-order valence-corrected chi connectivity index (χ4v) is 4.44. The van der Waals surface area contributed by atoms with E-state index in [9.17, 15) is 9.59 Å². The van der Waals surface area contributed by atoms with Gasteiger partial charge < -0.3 is 10.2 Å². The topological polar surface area (TPSA) is 62.3 Å². The van der Waals surface area contributed by atoms with Crippen molar-refractivity contribution in [1.29, 1.82) is 0 Å². The Morgan fingerprint density at radius 3 is 2.65 bits per heavy atom. The van der Waals surface area contributed by atoms with Crippen molar-refractivity contribution in [2.75, 3.05) is 11.9 Å². The van der Waals surface area contributed by atoms with Crippen molar-refractivity contribution in [2.24, 2.45) is 0 Å². The Labute approximate surface area is 159 Å². The van der Waals surface area contributed by atoms with Gasteiger partial charge in [0.15, 0.2) is 0 Å². The number of thiophene rings is 1. The molecule has 5 nitrogen and oxygen atoms in total. The molecule has 0 unspecified atom stereocenters. The summed E-state index contributed by atoms with van der Waals surface area (Å²) in [6, 6.07) is 10.9. The van der Waals surface area contributed by atoms with Crippen molar-refractivity contribution < 1.29 is 9.59 Å². The van der Waals surface area contributed by atoms with Crippen molar-refractivity contribution in [3.63, 3.8) is 0 Å². The maximum Gasteiger partial charge on any atom is 0.264 e. The van der Waals surface area contributed by atoms with Crippen LogP contribution in [0.25, 0.3) is 10.6 Å². The van der Waals surface area contributed by atoms with Crippen LogP contribution in [0.5, 0.6) is 0 Å². The van der Waals surface area contributed by atoms with Gasteiger partial charge in [-0.3, -0.25) is 9.59 Å². The second-order valence-corrected chi connectivity index (χ2v) is 7.88. The molecule has 1 atom stereocenters. The Balaban J connectivity index is 1.44. The van der Waals surface area contributed by atoms with Crippen LogP contribution in [-0.4, -0.2) is 34.3 Å². The van der Waals surface area contributed by atoms with Gasteiger partial charge in [-0.15, -0.1) is 22.7 Å². The molecule has 26 heavy (non-hydrogen) atoms. The van der Waals surface area contributed by atoms with Gasteiger partial charge in [-0.2, -0.15) is 0 Å². The van der Waals surface area contributed by atoms with E-state index in [-0.39, 0.29) is 11.8 Å². The lowest BCUT2D eigenvalue weighted by Crippen LogP contribution is -2.42. The summed E-state index contributed by atoms with van der Waals surface area (Å²) >= 11 is 2.98. The molecule has 0 radical (unpaired) electrons. The first-order chi connectivity index (χ1) is 12.7. The van der Waals surface area contributed by atoms with Crippen LogP contribution in [0.4, 0.5) is 5.69 Å². The van der Waals surface area contributed by atoms with Crippen LogP contribution in [0.3, 0.4) is 0 Å². The van der Waals surface area contributed by atoms with Crippen molar-refractivity contribution in [3.8, 4) is 10.6 Å². The van der Waals surface area contributed by atoms with Crippen LogP contribution in [0.15, 0.2) is 53.4 Å². The Morgan fingerprint density at radius 1 is 1.12 bits per heavy atom.